The van der Waals surface area contributed by atoms with Crippen LogP contribution in [-0.4, -0.2) is 19.2 Å². The molecule has 7 heteroatoms. The average molecular weight is 261 g/mol. The smallest absolute Gasteiger partial charge is 0.338 e. The second-order valence-electron chi connectivity index (χ2n) is 3.16. The van der Waals surface area contributed by atoms with Gasteiger partial charge in [0.05, 0.1) is 13.2 Å². The Bertz CT molecular complexity index is 414. The molecule has 0 N–H and O–H groups in total. The molecule has 0 aromatic carbocycles. The van der Waals surface area contributed by atoms with Gasteiger partial charge in [0.15, 0.2) is 0 Å². The molecule has 17 heavy (non-hydrogen) atoms. The van der Waals surface area contributed by atoms with Crippen molar-refractivity contribution in [3.63, 3.8) is 0 Å². The molecule has 0 unspecified atom stereocenters. The molecule has 0 aliphatic heterocycles. The number of hydrogen-bond donors (Lipinski definition) is 0. The highest BCUT2D eigenvalue weighted by atomic mass is 31.2. The summed E-state index contributed by atoms with van der Waals surface area (Å²) < 4.78 is 27.1. The van der Waals surface area contributed by atoms with Crippen LogP contribution in [0.25, 0.3) is 0 Å². The lowest BCUT2D eigenvalue weighted by Gasteiger charge is -2.15. The molecular formula is C10H14O6P-. The number of aromatic carboxylic acids is 1. The van der Waals surface area contributed by atoms with Crippen molar-refractivity contribution in [3.05, 3.63) is 23.7 Å². The zero-order chi connectivity index (χ0) is 12.9. The largest absolute Gasteiger partial charge is 0.542 e. The van der Waals surface area contributed by atoms with Crippen molar-refractivity contribution >= 4 is 13.6 Å². The highest BCUT2D eigenvalue weighted by Crippen LogP contribution is 2.51. The minimum Gasteiger partial charge on any atom is -0.542 e. The Morgan fingerprint density at radius 1 is 1.35 bits per heavy atom. The van der Waals surface area contributed by atoms with E-state index < -0.39 is 13.6 Å². The zero-order valence-corrected chi connectivity index (χ0v) is 10.6. The summed E-state index contributed by atoms with van der Waals surface area (Å²) in [4.78, 5) is 10.5. The maximum atomic E-state index is 12.1. The summed E-state index contributed by atoms with van der Waals surface area (Å²) in [7, 11) is -3.27. The van der Waals surface area contributed by atoms with Gasteiger partial charge in [-0.3, -0.25) is 4.57 Å². The molecule has 1 rings (SSSR count). The predicted molar refractivity (Wildman–Crippen MR) is 57.6 cm³/mol. The van der Waals surface area contributed by atoms with Crippen molar-refractivity contribution in [2.24, 2.45) is 0 Å². The minimum atomic E-state index is -3.27. The van der Waals surface area contributed by atoms with E-state index in [1.54, 1.807) is 13.8 Å². The third-order valence-corrected chi connectivity index (χ3v) is 3.87. The number of hydrogen-bond acceptors (Lipinski definition) is 6. The van der Waals surface area contributed by atoms with Gasteiger partial charge in [-0.1, -0.05) is 0 Å². The lowest BCUT2D eigenvalue weighted by Crippen LogP contribution is -2.21. The third kappa shape index (κ3) is 4.00. The van der Waals surface area contributed by atoms with Crippen molar-refractivity contribution < 1.29 is 27.9 Å². The van der Waals surface area contributed by atoms with Gasteiger partial charge in [-0.25, -0.2) is 0 Å². The number of rotatable bonds is 7. The molecule has 1 heterocycles. The quantitative estimate of drug-likeness (QED) is 0.689. The maximum absolute atomic E-state index is 12.1. The van der Waals surface area contributed by atoms with Crippen LogP contribution >= 0.6 is 7.60 Å². The van der Waals surface area contributed by atoms with E-state index >= 15 is 0 Å². The molecule has 0 amide bonds. The van der Waals surface area contributed by atoms with E-state index in [0.717, 1.165) is 0 Å². The molecular weight excluding hydrogens is 247 g/mol. The number of carboxylic acids is 1. The van der Waals surface area contributed by atoms with Crippen LogP contribution in [0.4, 0.5) is 0 Å². The first-order chi connectivity index (χ1) is 8.00. The van der Waals surface area contributed by atoms with Gasteiger partial charge in [0.1, 0.15) is 23.7 Å². The van der Waals surface area contributed by atoms with Gasteiger partial charge in [0, 0.05) is 0 Å². The standard InChI is InChI=1S/C10H15O6P/c1-3-14-17(13,15-4-2)7-8-5-6-9(16-8)10(11)12/h5-6H,3-4,7H2,1-2H3,(H,11,12)/p-1. The van der Waals surface area contributed by atoms with Crippen LogP contribution in [0, 0.1) is 0 Å². The molecule has 1 aromatic heterocycles. The molecule has 1 aromatic rings. The second kappa shape index (κ2) is 6.00. The number of carbonyl (C=O) groups is 1. The average Bonchev–Trinajstić information content (AvgIpc) is 2.66. The lowest BCUT2D eigenvalue weighted by molar-refractivity contribution is -0.257. The molecule has 0 aliphatic rings. The zero-order valence-electron chi connectivity index (χ0n) is 9.67. The molecule has 0 radical (unpaired) electrons. The Labute approximate surface area is 99.1 Å². The summed E-state index contributed by atoms with van der Waals surface area (Å²) >= 11 is 0. The molecule has 0 aliphatic carbocycles. The van der Waals surface area contributed by atoms with Crippen molar-refractivity contribution in [2.75, 3.05) is 13.2 Å². The fraction of sp³-hybridized carbons (Fsp3) is 0.500. The summed E-state index contributed by atoms with van der Waals surface area (Å²) in [5.74, 6) is -1.49. The highest BCUT2D eigenvalue weighted by Gasteiger charge is 2.25. The Morgan fingerprint density at radius 3 is 2.35 bits per heavy atom. The Kier molecular flexibility index (Phi) is 4.93. The topological polar surface area (TPSA) is 88.8 Å². The third-order valence-electron chi connectivity index (χ3n) is 1.86. The fourth-order valence-corrected chi connectivity index (χ4v) is 2.88. The monoisotopic (exact) mass is 261 g/mol. The number of furan rings is 1. The lowest BCUT2D eigenvalue weighted by atomic mass is 10.4. The molecule has 0 bridgehead atoms. The molecule has 0 atom stereocenters. The number of carbonyl (C=O) groups excluding carboxylic acids is 1. The maximum Gasteiger partial charge on any atom is 0.338 e. The van der Waals surface area contributed by atoms with Crippen molar-refractivity contribution in [1.29, 1.82) is 0 Å². The van der Waals surface area contributed by atoms with Crippen molar-refractivity contribution in [2.45, 2.75) is 20.0 Å². The van der Waals surface area contributed by atoms with E-state index in [2.05, 4.69) is 0 Å². The van der Waals surface area contributed by atoms with Gasteiger partial charge in [-0.15, -0.1) is 0 Å². The summed E-state index contributed by atoms with van der Waals surface area (Å²) in [5, 5.41) is 10.5. The van der Waals surface area contributed by atoms with Gasteiger partial charge < -0.3 is 23.4 Å². The molecule has 0 spiro atoms. The van der Waals surface area contributed by atoms with Crippen molar-refractivity contribution in [1.82, 2.24) is 0 Å². The highest BCUT2D eigenvalue weighted by molar-refractivity contribution is 7.53. The Balaban J connectivity index is 2.78. The predicted octanol–water partition coefficient (Wildman–Crippen LogP) is 1.41. The molecule has 6 nitrogen and oxygen atoms in total. The fourth-order valence-electron chi connectivity index (χ4n) is 1.29. The van der Waals surface area contributed by atoms with Crippen LogP contribution in [0.5, 0.6) is 0 Å². The van der Waals surface area contributed by atoms with E-state index in [9.17, 15) is 14.5 Å². The molecule has 0 saturated carbocycles. The van der Waals surface area contributed by atoms with Gasteiger partial charge in [0.2, 0.25) is 0 Å². The summed E-state index contributed by atoms with van der Waals surface area (Å²) in [6.45, 7) is 3.87. The summed E-state index contributed by atoms with van der Waals surface area (Å²) in [6.07, 6.45) is -0.0953. The van der Waals surface area contributed by atoms with Gasteiger partial charge >= 0.3 is 7.60 Å². The minimum absolute atomic E-state index is 0.0953. The van der Waals surface area contributed by atoms with E-state index in [1.165, 1.54) is 12.1 Å². The molecule has 0 fully saturated rings. The van der Waals surface area contributed by atoms with Crippen LogP contribution in [0.2, 0.25) is 0 Å². The molecule has 0 saturated heterocycles. The van der Waals surface area contributed by atoms with Gasteiger partial charge in [-0.05, 0) is 26.0 Å². The van der Waals surface area contributed by atoms with Gasteiger partial charge in [0.25, 0.3) is 0 Å². The first kappa shape index (κ1) is 14.0. The summed E-state index contributed by atoms with van der Waals surface area (Å²) in [6, 6.07) is 2.66. The normalized spacial score (nSPS) is 11.6. The number of carboxylic acid groups (broad SMARTS) is 1. The van der Waals surface area contributed by atoms with Crippen LogP contribution in [0.3, 0.4) is 0 Å². The SMILES string of the molecule is CCOP(=O)(Cc1ccc(C(=O)[O-])o1)OCC. The van der Waals surface area contributed by atoms with Crippen LogP contribution in [-0.2, 0) is 19.8 Å². The first-order valence-corrected chi connectivity index (χ1v) is 6.91. The van der Waals surface area contributed by atoms with Crippen LogP contribution in [0.15, 0.2) is 16.5 Å². The second-order valence-corrected chi connectivity index (χ2v) is 5.21. The van der Waals surface area contributed by atoms with Crippen LogP contribution in [0.1, 0.15) is 30.2 Å². The Hall–Kier alpha value is -1.10. The summed E-state index contributed by atoms with van der Waals surface area (Å²) in [5.41, 5.74) is 0. The van der Waals surface area contributed by atoms with Crippen LogP contribution < -0.4 is 5.11 Å². The van der Waals surface area contributed by atoms with E-state index in [1.807, 2.05) is 0 Å². The van der Waals surface area contributed by atoms with Crippen molar-refractivity contribution in [3.8, 4) is 0 Å². The first-order valence-electron chi connectivity index (χ1n) is 5.19. The van der Waals surface area contributed by atoms with Gasteiger partial charge in [-0.2, -0.15) is 0 Å². The Morgan fingerprint density at radius 2 is 1.94 bits per heavy atom. The van der Waals surface area contributed by atoms with E-state index in [0.29, 0.717) is 0 Å². The van der Waals surface area contributed by atoms with E-state index in [-0.39, 0.29) is 30.9 Å². The molecule has 96 valence electrons. The van der Waals surface area contributed by atoms with E-state index in [4.69, 9.17) is 13.5 Å².